The van der Waals surface area contributed by atoms with Crippen LogP contribution in [-0.2, 0) is 16.4 Å². The van der Waals surface area contributed by atoms with Gasteiger partial charge in [0.25, 0.3) is 5.56 Å². The number of hydrogen-bond donors (Lipinski definition) is 2. The standard InChI is InChI=1S/C25H22N4O5S2/c1-34-24-19(16-6-5-15-7-8-21(18(15)12-16)27-28-36(2,32)33)13-17(14-20(24)22-4-3-11-35-22)29-23(30)9-10-26-25(29)31/h3-6,9-14,28H,7-8H2,1-2H3,(H,26,31)/b27-21+. The summed E-state index contributed by atoms with van der Waals surface area (Å²) in [6.45, 7) is 0. The minimum Gasteiger partial charge on any atom is -0.495 e. The maximum absolute atomic E-state index is 12.6. The number of nitrogens with zero attached hydrogens (tertiary/aromatic N) is 2. The van der Waals surface area contributed by atoms with E-state index in [1.54, 1.807) is 19.2 Å². The molecular weight excluding hydrogens is 500 g/mol. The highest BCUT2D eigenvalue weighted by molar-refractivity contribution is 7.88. The zero-order chi connectivity index (χ0) is 25.4. The largest absolute Gasteiger partial charge is 0.495 e. The normalized spacial score (nSPS) is 14.1. The first kappa shape index (κ1) is 23.8. The first-order valence-corrected chi connectivity index (χ1v) is 13.8. The SMILES string of the molecule is COc1c(-c2ccc3c(c2)/C(=N/NS(C)(=O)=O)CC3)cc(-n2c(=O)cc[nH]c2=O)cc1-c1cccs1. The fourth-order valence-electron chi connectivity index (χ4n) is 4.33. The van der Waals surface area contributed by atoms with Crippen molar-refractivity contribution in [1.82, 2.24) is 14.4 Å². The van der Waals surface area contributed by atoms with Crippen molar-refractivity contribution >= 4 is 27.1 Å². The van der Waals surface area contributed by atoms with Gasteiger partial charge < -0.3 is 9.72 Å². The second kappa shape index (κ2) is 9.25. The van der Waals surface area contributed by atoms with Crippen LogP contribution in [0.25, 0.3) is 27.3 Å². The Morgan fingerprint density at radius 2 is 1.86 bits per heavy atom. The van der Waals surface area contributed by atoms with Crippen LogP contribution in [0.5, 0.6) is 5.75 Å². The van der Waals surface area contributed by atoms with Crippen LogP contribution in [0.15, 0.2) is 74.8 Å². The fourth-order valence-corrected chi connectivity index (χ4v) is 5.35. The number of hydrazone groups is 1. The molecule has 0 atom stereocenters. The first-order chi connectivity index (χ1) is 17.2. The number of benzene rings is 2. The zero-order valence-electron chi connectivity index (χ0n) is 19.4. The van der Waals surface area contributed by atoms with Crippen LogP contribution >= 0.6 is 11.3 Å². The summed E-state index contributed by atoms with van der Waals surface area (Å²) in [5, 5.41) is 6.06. The van der Waals surface area contributed by atoms with E-state index in [2.05, 4.69) is 14.9 Å². The predicted molar refractivity (Wildman–Crippen MR) is 141 cm³/mol. The van der Waals surface area contributed by atoms with Crippen LogP contribution in [0, 0.1) is 0 Å². The van der Waals surface area contributed by atoms with Crippen molar-refractivity contribution in [3.8, 4) is 33.0 Å². The first-order valence-electron chi connectivity index (χ1n) is 11.0. The average molecular weight is 523 g/mol. The highest BCUT2D eigenvalue weighted by Gasteiger charge is 2.22. The van der Waals surface area contributed by atoms with Gasteiger partial charge in [0.05, 0.1) is 24.8 Å². The van der Waals surface area contributed by atoms with Gasteiger partial charge in [-0.2, -0.15) is 5.10 Å². The number of rotatable bonds is 6. The van der Waals surface area contributed by atoms with Crippen molar-refractivity contribution in [2.24, 2.45) is 5.10 Å². The fraction of sp³-hybridized carbons (Fsp3) is 0.160. The van der Waals surface area contributed by atoms with Crippen LogP contribution < -0.4 is 20.8 Å². The Kier molecular flexibility index (Phi) is 6.10. The maximum atomic E-state index is 12.6. The summed E-state index contributed by atoms with van der Waals surface area (Å²) in [6.07, 6.45) is 3.72. The average Bonchev–Trinajstić information content (AvgIpc) is 3.51. The number of nitrogens with one attached hydrogen (secondary N) is 2. The summed E-state index contributed by atoms with van der Waals surface area (Å²) in [5.74, 6) is 0.590. The van der Waals surface area contributed by atoms with Gasteiger partial charge in [0.1, 0.15) is 5.75 Å². The Hall–Kier alpha value is -3.96. The molecule has 9 nitrogen and oxygen atoms in total. The molecule has 0 bridgehead atoms. The Bertz CT molecular complexity index is 1690. The molecule has 1 aliphatic carbocycles. The van der Waals surface area contributed by atoms with Crippen molar-refractivity contribution in [2.75, 3.05) is 13.4 Å². The number of methoxy groups -OCH3 is 1. The summed E-state index contributed by atoms with van der Waals surface area (Å²) in [6, 6.07) is 14.5. The zero-order valence-corrected chi connectivity index (χ0v) is 21.1. The van der Waals surface area contributed by atoms with E-state index in [1.807, 2.05) is 35.7 Å². The summed E-state index contributed by atoms with van der Waals surface area (Å²) in [5.41, 5.74) is 4.12. The minimum atomic E-state index is -3.48. The molecule has 2 aromatic heterocycles. The number of aromatic nitrogens is 2. The van der Waals surface area contributed by atoms with E-state index in [-0.39, 0.29) is 0 Å². The van der Waals surface area contributed by atoms with Gasteiger partial charge in [-0.25, -0.2) is 22.6 Å². The van der Waals surface area contributed by atoms with Gasteiger partial charge in [0, 0.05) is 33.8 Å². The van der Waals surface area contributed by atoms with Crippen molar-refractivity contribution in [2.45, 2.75) is 12.8 Å². The third-order valence-electron chi connectivity index (χ3n) is 5.89. The molecule has 2 aromatic carbocycles. The lowest BCUT2D eigenvalue weighted by atomic mass is 9.96. The van der Waals surface area contributed by atoms with Crippen molar-refractivity contribution < 1.29 is 13.2 Å². The number of ether oxygens (including phenoxy) is 1. The third kappa shape index (κ3) is 4.50. The van der Waals surface area contributed by atoms with Crippen LogP contribution in [0.4, 0.5) is 0 Å². The monoisotopic (exact) mass is 522 g/mol. The van der Waals surface area contributed by atoms with Crippen molar-refractivity contribution in [3.05, 3.63) is 92.1 Å². The van der Waals surface area contributed by atoms with Gasteiger partial charge in [-0.05, 0) is 53.6 Å². The molecule has 11 heteroatoms. The molecule has 36 heavy (non-hydrogen) atoms. The van der Waals surface area contributed by atoms with Gasteiger partial charge >= 0.3 is 5.69 Å². The molecule has 184 valence electrons. The molecule has 2 N–H and O–H groups in total. The molecular formula is C25H22N4O5S2. The molecule has 0 saturated heterocycles. The summed E-state index contributed by atoms with van der Waals surface area (Å²) < 4.78 is 30.1. The number of aryl methyl sites for hydroxylation is 1. The van der Waals surface area contributed by atoms with Crippen molar-refractivity contribution in [3.63, 3.8) is 0 Å². The van der Waals surface area contributed by atoms with Crippen molar-refractivity contribution in [1.29, 1.82) is 0 Å². The Morgan fingerprint density at radius 3 is 2.56 bits per heavy atom. The van der Waals surface area contributed by atoms with E-state index in [9.17, 15) is 18.0 Å². The van der Waals surface area contributed by atoms with Gasteiger partial charge in [-0.15, -0.1) is 11.3 Å². The molecule has 0 unspecified atom stereocenters. The number of aromatic amines is 1. The highest BCUT2D eigenvalue weighted by atomic mass is 32.2. The number of sulfonamides is 1. The molecule has 5 rings (SSSR count). The highest BCUT2D eigenvalue weighted by Crippen LogP contribution is 2.43. The quantitative estimate of drug-likeness (QED) is 0.377. The molecule has 2 heterocycles. The molecule has 1 aliphatic rings. The van der Waals surface area contributed by atoms with Crippen LogP contribution in [0.2, 0.25) is 0 Å². The van der Waals surface area contributed by atoms with E-state index >= 15 is 0 Å². The second-order valence-corrected chi connectivity index (χ2v) is 11.0. The van der Waals surface area contributed by atoms with Gasteiger partial charge in [0.2, 0.25) is 10.0 Å². The third-order valence-corrected chi connectivity index (χ3v) is 7.21. The van der Waals surface area contributed by atoms with Crippen LogP contribution in [-0.4, -0.2) is 37.0 Å². The van der Waals surface area contributed by atoms with Gasteiger partial charge in [-0.1, -0.05) is 18.2 Å². The Morgan fingerprint density at radius 1 is 1.06 bits per heavy atom. The summed E-state index contributed by atoms with van der Waals surface area (Å²) >= 11 is 1.51. The molecule has 4 aromatic rings. The number of H-pyrrole nitrogens is 1. The van der Waals surface area contributed by atoms with E-state index in [0.717, 1.165) is 44.4 Å². The Labute approximate surface area is 210 Å². The molecule has 0 aliphatic heterocycles. The van der Waals surface area contributed by atoms with E-state index < -0.39 is 21.3 Å². The van der Waals surface area contributed by atoms with Crippen LogP contribution in [0.1, 0.15) is 17.5 Å². The molecule has 0 saturated carbocycles. The van der Waals surface area contributed by atoms with Gasteiger partial charge in [0.15, 0.2) is 0 Å². The number of thiophene rings is 1. The smallest absolute Gasteiger partial charge is 0.332 e. The molecule has 0 radical (unpaired) electrons. The van der Waals surface area contributed by atoms with E-state index in [1.165, 1.54) is 23.6 Å². The predicted octanol–water partition coefficient (Wildman–Crippen LogP) is 3.13. The lowest BCUT2D eigenvalue weighted by Crippen LogP contribution is -2.32. The number of fused-ring (bicyclic) bond motifs is 1. The van der Waals surface area contributed by atoms with E-state index in [4.69, 9.17) is 4.74 Å². The lowest BCUT2D eigenvalue weighted by Gasteiger charge is -2.17. The topological polar surface area (TPSA) is 123 Å². The number of hydrogen-bond acceptors (Lipinski definition) is 7. The second-order valence-electron chi connectivity index (χ2n) is 8.30. The summed E-state index contributed by atoms with van der Waals surface area (Å²) in [7, 11) is -1.91. The van der Waals surface area contributed by atoms with Crippen LogP contribution in [0.3, 0.4) is 0 Å². The molecule has 0 amide bonds. The lowest BCUT2D eigenvalue weighted by molar-refractivity contribution is 0.418. The van der Waals surface area contributed by atoms with Gasteiger partial charge in [-0.3, -0.25) is 4.79 Å². The van der Waals surface area contributed by atoms with E-state index in [0.29, 0.717) is 29.1 Å². The Balaban J connectivity index is 1.75. The summed E-state index contributed by atoms with van der Waals surface area (Å²) in [4.78, 5) is 30.9. The maximum Gasteiger partial charge on any atom is 0.332 e. The molecule has 0 fully saturated rings. The molecule has 0 spiro atoms. The minimum absolute atomic E-state index is 0.397.